The number of ether oxygens (including phenoxy) is 3. The third-order valence-electron chi connectivity index (χ3n) is 7.55. The molecule has 10 heteroatoms. The van der Waals surface area contributed by atoms with Crippen LogP contribution in [0.1, 0.15) is 76.0 Å². The summed E-state index contributed by atoms with van der Waals surface area (Å²) in [5.74, 6) is 0.0621. The molecule has 5 rings (SSSR count). The molecule has 228 valence electrons. The number of hydrogen-bond acceptors (Lipinski definition) is 8. The zero-order valence-electron chi connectivity index (χ0n) is 24.3. The van der Waals surface area contributed by atoms with E-state index in [1.807, 2.05) is 47.2 Å². The maximum absolute atomic E-state index is 14.0. The topological polar surface area (TPSA) is 86.8 Å². The van der Waals surface area contributed by atoms with Crippen LogP contribution < -0.4 is 10.1 Å². The number of hydrogen-bond donors (Lipinski definition) is 1. The maximum atomic E-state index is 14.0. The van der Waals surface area contributed by atoms with Crippen molar-refractivity contribution in [2.24, 2.45) is 0 Å². The predicted octanol–water partition coefficient (Wildman–Crippen LogP) is 8.03. The lowest BCUT2D eigenvalue weighted by Gasteiger charge is -2.38. The second kappa shape index (κ2) is 15.2. The third-order valence-corrected chi connectivity index (χ3v) is 9.87. The van der Waals surface area contributed by atoms with Gasteiger partial charge in [0.15, 0.2) is 0 Å². The van der Waals surface area contributed by atoms with Crippen LogP contribution in [0, 0.1) is 0 Å². The standard InChI is InChI=1S/C33H37ClN2O5S2/c1-2-3-4-5-6-7-8-16-30(37)41-26-19-33(23-17-18-42-22-23,28-14-11-15-29(35-28)40-24-20-39-21-24)36-32(38)31(26)43-27-13-10-9-12-25(27)34/h9-15,17-18,22,24H,2-8,16,19-21H2,1H3,(H,36,38). The first-order chi connectivity index (χ1) is 21.0. The smallest absolute Gasteiger partial charge is 0.310 e. The molecule has 3 aromatic rings. The van der Waals surface area contributed by atoms with Crippen LogP contribution in [0.4, 0.5) is 0 Å². The summed E-state index contributed by atoms with van der Waals surface area (Å²) in [5, 5.41) is 7.70. The van der Waals surface area contributed by atoms with Crippen molar-refractivity contribution < 1.29 is 23.8 Å². The lowest BCUT2D eigenvalue weighted by Crippen LogP contribution is -2.51. The van der Waals surface area contributed by atoms with Gasteiger partial charge >= 0.3 is 5.97 Å². The maximum Gasteiger partial charge on any atom is 0.310 e. The summed E-state index contributed by atoms with van der Waals surface area (Å²) < 4.78 is 17.3. The molecule has 0 radical (unpaired) electrons. The molecule has 43 heavy (non-hydrogen) atoms. The summed E-state index contributed by atoms with van der Waals surface area (Å²) >= 11 is 9.20. The highest BCUT2D eigenvalue weighted by molar-refractivity contribution is 8.04. The summed E-state index contributed by atoms with van der Waals surface area (Å²) in [6, 6.07) is 14.8. The van der Waals surface area contributed by atoms with Crippen molar-refractivity contribution in [3.05, 3.63) is 86.2 Å². The molecule has 0 aliphatic carbocycles. The Hall–Kier alpha value is -2.85. The number of aromatic nitrogens is 1. The van der Waals surface area contributed by atoms with E-state index in [0.29, 0.717) is 51.8 Å². The molecule has 0 bridgehead atoms. The van der Waals surface area contributed by atoms with Gasteiger partial charge in [-0.3, -0.25) is 9.59 Å². The van der Waals surface area contributed by atoms with E-state index in [2.05, 4.69) is 12.2 Å². The lowest BCUT2D eigenvalue weighted by molar-refractivity contribution is -0.140. The monoisotopic (exact) mass is 640 g/mol. The molecule has 7 nitrogen and oxygen atoms in total. The summed E-state index contributed by atoms with van der Waals surface area (Å²) in [5.41, 5.74) is 0.385. The molecule has 0 saturated carbocycles. The fraction of sp³-hybridized carbons (Fsp3) is 0.424. The number of nitrogens with zero attached hydrogens (tertiary/aromatic N) is 1. The number of thioether (sulfide) groups is 1. The predicted molar refractivity (Wildman–Crippen MR) is 170 cm³/mol. The highest BCUT2D eigenvalue weighted by atomic mass is 35.5. The number of pyridine rings is 1. The van der Waals surface area contributed by atoms with E-state index in [0.717, 1.165) is 24.8 Å². The quantitative estimate of drug-likeness (QED) is 0.133. The van der Waals surface area contributed by atoms with Crippen LogP contribution in [0.15, 0.2) is 74.9 Å². The number of benzene rings is 1. The number of nitrogens with one attached hydrogen (secondary N) is 1. The lowest BCUT2D eigenvalue weighted by atomic mass is 9.81. The van der Waals surface area contributed by atoms with Crippen molar-refractivity contribution in [3.8, 4) is 5.88 Å². The van der Waals surface area contributed by atoms with Crippen LogP contribution in [0.3, 0.4) is 0 Å². The van der Waals surface area contributed by atoms with Gasteiger partial charge in [-0.2, -0.15) is 11.3 Å². The van der Waals surface area contributed by atoms with Crippen molar-refractivity contribution in [2.45, 2.75) is 81.2 Å². The molecule has 4 heterocycles. The number of esters is 1. The first kappa shape index (κ1) is 31.6. The highest BCUT2D eigenvalue weighted by Gasteiger charge is 2.45. The van der Waals surface area contributed by atoms with E-state index in [4.69, 9.17) is 30.8 Å². The molecule has 0 spiro atoms. The molecule has 1 unspecified atom stereocenters. The van der Waals surface area contributed by atoms with Gasteiger partial charge in [0.1, 0.15) is 22.3 Å². The first-order valence-electron chi connectivity index (χ1n) is 14.9. The van der Waals surface area contributed by atoms with Crippen molar-refractivity contribution in [1.29, 1.82) is 0 Å². The second-order valence-corrected chi connectivity index (χ2v) is 13.1. The van der Waals surface area contributed by atoms with Gasteiger partial charge in [-0.05, 0) is 47.0 Å². The minimum absolute atomic E-state index is 0.0533. The highest BCUT2D eigenvalue weighted by Crippen LogP contribution is 2.45. The van der Waals surface area contributed by atoms with Crippen LogP contribution in [0.5, 0.6) is 5.88 Å². The Labute approximate surface area is 266 Å². The first-order valence-corrected chi connectivity index (χ1v) is 17.1. The van der Waals surface area contributed by atoms with Crippen LogP contribution in [0.2, 0.25) is 5.02 Å². The minimum Gasteiger partial charge on any atom is -0.469 e. The zero-order chi connectivity index (χ0) is 30.1. The Morgan fingerprint density at radius 2 is 1.88 bits per heavy atom. The van der Waals surface area contributed by atoms with Crippen molar-refractivity contribution in [3.63, 3.8) is 0 Å². The molecule has 1 amide bonds. The number of amides is 1. The molecule has 1 N–H and O–H groups in total. The van der Waals surface area contributed by atoms with Gasteiger partial charge in [0.05, 0.1) is 23.9 Å². The van der Waals surface area contributed by atoms with Gasteiger partial charge in [0.25, 0.3) is 5.91 Å². The molecule has 2 aliphatic rings. The average molecular weight is 641 g/mol. The van der Waals surface area contributed by atoms with E-state index in [1.165, 1.54) is 48.8 Å². The normalized spacial score (nSPS) is 18.7. The number of unbranched alkanes of at least 4 members (excludes halogenated alkanes) is 6. The Morgan fingerprint density at radius 1 is 1.09 bits per heavy atom. The Bertz CT molecular complexity index is 1430. The molecule has 1 fully saturated rings. The summed E-state index contributed by atoms with van der Waals surface area (Å²) in [6.45, 7) is 3.23. The number of thiophene rings is 1. The number of carbonyl (C=O) groups excluding carboxylic acids is 2. The van der Waals surface area contributed by atoms with Gasteiger partial charge in [0, 0.05) is 23.8 Å². The van der Waals surface area contributed by atoms with Crippen LogP contribution in [-0.4, -0.2) is 36.2 Å². The number of carbonyl (C=O) groups is 2. The third kappa shape index (κ3) is 8.01. The van der Waals surface area contributed by atoms with Gasteiger partial charge < -0.3 is 19.5 Å². The Balaban J connectivity index is 1.43. The summed E-state index contributed by atoms with van der Waals surface area (Å²) in [7, 11) is 0. The second-order valence-electron chi connectivity index (χ2n) is 10.8. The summed E-state index contributed by atoms with van der Waals surface area (Å²) in [4.78, 5) is 33.0. The Morgan fingerprint density at radius 3 is 2.60 bits per heavy atom. The van der Waals surface area contributed by atoms with Crippen molar-refractivity contribution >= 4 is 46.6 Å². The Kier molecular flexibility index (Phi) is 11.2. The van der Waals surface area contributed by atoms with Gasteiger partial charge in [-0.25, -0.2) is 4.98 Å². The molecule has 1 saturated heterocycles. The molecule has 1 aromatic carbocycles. The number of rotatable bonds is 15. The largest absolute Gasteiger partial charge is 0.469 e. The van der Waals surface area contributed by atoms with E-state index in [-0.39, 0.29) is 24.4 Å². The van der Waals surface area contributed by atoms with Crippen molar-refractivity contribution in [2.75, 3.05) is 13.2 Å². The molecular formula is C33H37ClN2O5S2. The molecule has 2 aliphatic heterocycles. The average Bonchev–Trinajstić information content (AvgIpc) is 3.53. The van der Waals surface area contributed by atoms with Gasteiger partial charge in [0.2, 0.25) is 5.88 Å². The molecule has 2 aromatic heterocycles. The minimum atomic E-state index is -1.06. The van der Waals surface area contributed by atoms with E-state index in [9.17, 15) is 9.59 Å². The van der Waals surface area contributed by atoms with Gasteiger partial charge in [-0.15, -0.1) is 0 Å². The van der Waals surface area contributed by atoms with Crippen LogP contribution in [-0.2, 0) is 24.6 Å². The van der Waals surface area contributed by atoms with E-state index in [1.54, 1.807) is 12.1 Å². The van der Waals surface area contributed by atoms with Crippen molar-refractivity contribution in [1.82, 2.24) is 10.3 Å². The zero-order valence-corrected chi connectivity index (χ0v) is 26.7. The SMILES string of the molecule is CCCCCCCCCC(=O)OC1=C(Sc2ccccc2Cl)C(=O)NC(c2ccsc2)(c2cccc(OC3COC3)n2)C1. The summed E-state index contributed by atoms with van der Waals surface area (Å²) in [6.07, 6.45) is 8.12. The fourth-order valence-electron chi connectivity index (χ4n) is 5.14. The van der Waals surface area contributed by atoms with Crippen LogP contribution in [0.25, 0.3) is 0 Å². The molecular weight excluding hydrogens is 604 g/mol. The number of halogens is 1. The van der Waals surface area contributed by atoms with E-state index < -0.39 is 5.54 Å². The fourth-order valence-corrected chi connectivity index (χ4v) is 7.02. The molecule has 1 atom stereocenters. The van der Waals surface area contributed by atoms with E-state index >= 15 is 0 Å². The van der Waals surface area contributed by atoms with Crippen LogP contribution >= 0.6 is 34.7 Å². The van der Waals surface area contributed by atoms with Gasteiger partial charge in [-0.1, -0.05) is 87.0 Å².